The summed E-state index contributed by atoms with van der Waals surface area (Å²) in [7, 11) is -2.20. The van der Waals surface area contributed by atoms with Gasteiger partial charge in [-0.2, -0.15) is 0 Å². The smallest absolute Gasteiger partial charge is 0.328 e. The average molecular weight is 334 g/mol. The highest BCUT2D eigenvalue weighted by molar-refractivity contribution is 6.74. The Bertz CT molecular complexity index is 368. The van der Waals surface area contributed by atoms with Crippen LogP contribution < -0.4 is 0 Å². The van der Waals surface area contributed by atoms with E-state index in [4.69, 9.17) is 13.9 Å². The Morgan fingerprint density at radius 1 is 1.00 bits per heavy atom. The zero-order chi connectivity index (χ0) is 17.6. The van der Waals surface area contributed by atoms with Crippen LogP contribution in [0.15, 0.2) is 0 Å². The van der Waals surface area contributed by atoms with Gasteiger partial charge >= 0.3 is 11.9 Å². The van der Waals surface area contributed by atoms with Crippen molar-refractivity contribution in [3.63, 3.8) is 0 Å². The molecular weight excluding hydrogens is 304 g/mol. The van der Waals surface area contributed by atoms with Crippen LogP contribution in [0.1, 0.15) is 34.6 Å². The molecule has 0 saturated heterocycles. The fourth-order valence-corrected chi connectivity index (χ4v) is 2.47. The minimum atomic E-state index is -2.20. The Kier molecular flexibility index (Phi) is 7.74. The fraction of sp³-hybridized carbons (Fsp3) is 0.867. The molecule has 6 nitrogen and oxygen atoms in total. The molecule has 0 heterocycles. The van der Waals surface area contributed by atoms with Gasteiger partial charge in [0.15, 0.2) is 8.32 Å². The van der Waals surface area contributed by atoms with Crippen molar-refractivity contribution in [1.82, 2.24) is 0 Å². The summed E-state index contributed by atoms with van der Waals surface area (Å²) in [6, 6.07) is 0. The number of hydrogen-bond acceptors (Lipinski definition) is 6. The normalized spacial score (nSPS) is 12.9. The lowest BCUT2D eigenvalue weighted by molar-refractivity contribution is -0.178. The molecule has 0 spiro atoms. The molecule has 130 valence electrons. The van der Waals surface area contributed by atoms with E-state index in [0.717, 1.165) is 0 Å². The monoisotopic (exact) mass is 334 g/mol. The van der Waals surface area contributed by atoms with Gasteiger partial charge in [0.1, 0.15) is 0 Å². The van der Waals surface area contributed by atoms with Crippen LogP contribution in [0, 0.1) is 5.41 Å². The first-order valence-electron chi connectivity index (χ1n) is 7.57. The maximum atomic E-state index is 12.2. The summed E-state index contributed by atoms with van der Waals surface area (Å²) in [5, 5.41) is 9.62. The average Bonchev–Trinajstić information content (AvgIpc) is 2.39. The number of carbonyl (C=O) groups is 2. The molecule has 7 heteroatoms. The van der Waals surface area contributed by atoms with Gasteiger partial charge in [0.25, 0.3) is 0 Å². The zero-order valence-corrected chi connectivity index (χ0v) is 15.8. The third-order valence-electron chi connectivity index (χ3n) is 4.09. The van der Waals surface area contributed by atoms with Crippen LogP contribution in [-0.4, -0.2) is 51.8 Å². The molecule has 0 atom stereocenters. The van der Waals surface area contributed by atoms with Crippen LogP contribution in [0.2, 0.25) is 18.1 Å². The third kappa shape index (κ3) is 4.79. The van der Waals surface area contributed by atoms with Gasteiger partial charge in [0.2, 0.25) is 5.41 Å². The quantitative estimate of drug-likeness (QED) is 0.416. The van der Waals surface area contributed by atoms with E-state index in [9.17, 15) is 14.7 Å². The van der Waals surface area contributed by atoms with Gasteiger partial charge in [-0.1, -0.05) is 20.8 Å². The van der Waals surface area contributed by atoms with Gasteiger partial charge in [-0.25, -0.2) is 0 Å². The summed E-state index contributed by atoms with van der Waals surface area (Å²) in [6.45, 7) is 12.7. The lowest BCUT2D eigenvalue weighted by atomic mass is 9.90. The predicted octanol–water partition coefficient (Wildman–Crippen LogP) is 2.11. The first-order valence-corrected chi connectivity index (χ1v) is 10.5. The van der Waals surface area contributed by atoms with Crippen molar-refractivity contribution in [2.75, 3.05) is 26.4 Å². The molecule has 0 unspecified atom stereocenters. The summed E-state index contributed by atoms with van der Waals surface area (Å²) in [5.41, 5.74) is -1.82. The second-order valence-corrected chi connectivity index (χ2v) is 11.5. The minimum absolute atomic E-state index is 0.0858. The molecule has 0 aromatic heterocycles. The number of aliphatic hydroxyl groups is 1. The van der Waals surface area contributed by atoms with E-state index >= 15 is 0 Å². The highest BCUT2D eigenvalue weighted by Gasteiger charge is 2.51. The third-order valence-corrected chi connectivity index (χ3v) is 8.57. The summed E-state index contributed by atoms with van der Waals surface area (Å²) in [4.78, 5) is 24.5. The molecular formula is C15H30O6Si. The molecule has 0 aromatic rings. The Labute approximate surface area is 134 Å². The Balaban J connectivity index is 5.41. The van der Waals surface area contributed by atoms with Crippen LogP contribution >= 0.6 is 0 Å². The van der Waals surface area contributed by atoms with E-state index in [-0.39, 0.29) is 24.9 Å². The van der Waals surface area contributed by atoms with E-state index in [1.165, 1.54) is 0 Å². The maximum Gasteiger partial charge on any atom is 0.328 e. The van der Waals surface area contributed by atoms with Gasteiger partial charge in [0.05, 0.1) is 26.4 Å². The van der Waals surface area contributed by atoms with Crippen molar-refractivity contribution in [3.8, 4) is 0 Å². The van der Waals surface area contributed by atoms with Crippen molar-refractivity contribution in [2.24, 2.45) is 5.41 Å². The number of aliphatic hydroxyl groups excluding tert-OH is 1. The van der Waals surface area contributed by atoms with E-state index in [0.29, 0.717) is 0 Å². The topological polar surface area (TPSA) is 82.1 Å². The second-order valence-electron chi connectivity index (χ2n) is 6.73. The van der Waals surface area contributed by atoms with Crippen molar-refractivity contribution in [3.05, 3.63) is 0 Å². The molecule has 0 amide bonds. The van der Waals surface area contributed by atoms with E-state index in [2.05, 4.69) is 20.8 Å². The summed E-state index contributed by atoms with van der Waals surface area (Å²) in [6.07, 6.45) is 0. The van der Waals surface area contributed by atoms with Crippen molar-refractivity contribution < 1.29 is 28.6 Å². The van der Waals surface area contributed by atoms with E-state index < -0.39 is 32.3 Å². The SMILES string of the molecule is CCOC(=O)C(CO)(CO[Si](C)(C)C(C)(C)C)C(=O)OCC. The lowest BCUT2D eigenvalue weighted by Gasteiger charge is -2.38. The maximum absolute atomic E-state index is 12.2. The number of rotatable bonds is 8. The molecule has 0 bridgehead atoms. The van der Waals surface area contributed by atoms with Gasteiger partial charge < -0.3 is 19.0 Å². The standard InChI is InChI=1S/C15H30O6Si/c1-8-19-12(17)15(10-16,13(18)20-9-2)11-21-22(6,7)14(3,4)5/h16H,8-11H2,1-7H3. The van der Waals surface area contributed by atoms with Gasteiger partial charge in [-0.3, -0.25) is 9.59 Å². The van der Waals surface area contributed by atoms with Gasteiger partial charge in [-0.05, 0) is 32.0 Å². The number of carbonyl (C=O) groups excluding carboxylic acids is 2. The fourth-order valence-electron chi connectivity index (χ4n) is 1.43. The first-order chi connectivity index (χ1) is 9.98. The van der Waals surface area contributed by atoms with Crippen molar-refractivity contribution in [1.29, 1.82) is 0 Å². The van der Waals surface area contributed by atoms with Gasteiger partial charge in [0, 0.05) is 0 Å². The summed E-state index contributed by atoms with van der Waals surface area (Å²) < 4.78 is 15.9. The van der Waals surface area contributed by atoms with Crippen LogP contribution in [0.25, 0.3) is 0 Å². The highest BCUT2D eigenvalue weighted by Crippen LogP contribution is 2.38. The Hall–Kier alpha value is -0.923. The number of esters is 2. The lowest BCUT2D eigenvalue weighted by Crippen LogP contribution is -2.52. The van der Waals surface area contributed by atoms with Crippen LogP contribution in [0.5, 0.6) is 0 Å². The molecule has 0 aliphatic carbocycles. The molecule has 0 aliphatic rings. The van der Waals surface area contributed by atoms with E-state index in [1.807, 2.05) is 13.1 Å². The van der Waals surface area contributed by atoms with Crippen molar-refractivity contribution in [2.45, 2.75) is 52.8 Å². The molecule has 0 rings (SSSR count). The summed E-state index contributed by atoms with van der Waals surface area (Å²) >= 11 is 0. The van der Waals surface area contributed by atoms with Gasteiger partial charge in [-0.15, -0.1) is 0 Å². The Morgan fingerprint density at radius 2 is 1.41 bits per heavy atom. The van der Waals surface area contributed by atoms with Crippen molar-refractivity contribution >= 4 is 20.3 Å². The summed E-state index contributed by atoms with van der Waals surface area (Å²) in [5.74, 6) is -1.62. The number of hydrogen-bond donors (Lipinski definition) is 1. The second kappa shape index (κ2) is 8.08. The molecule has 0 radical (unpaired) electrons. The molecule has 22 heavy (non-hydrogen) atoms. The van der Waals surface area contributed by atoms with Crippen LogP contribution in [-0.2, 0) is 23.5 Å². The minimum Gasteiger partial charge on any atom is -0.465 e. The van der Waals surface area contributed by atoms with E-state index in [1.54, 1.807) is 13.8 Å². The molecule has 0 fully saturated rings. The molecule has 0 saturated carbocycles. The molecule has 1 N–H and O–H groups in total. The molecule has 0 aliphatic heterocycles. The first kappa shape index (κ1) is 21.1. The Morgan fingerprint density at radius 3 is 1.68 bits per heavy atom. The van der Waals surface area contributed by atoms with Crippen LogP contribution in [0.4, 0.5) is 0 Å². The number of ether oxygens (including phenoxy) is 2. The predicted molar refractivity (Wildman–Crippen MR) is 85.9 cm³/mol. The largest absolute Gasteiger partial charge is 0.465 e. The highest BCUT2D eigenvalue weighted by atomic mass is 28.4. The van der Waals surface area contributed by atoms with Crippen LogP contribution in [0.3, 0.4) is 0 Å². The molecule has 0 aromatic carbocycles. The zero-order valence-electron chi connectivity index (χ0n) is 14.8.